The molecular formula is C17H24N4O2S. The minimum absolute atomic E-state index is 0.319. The highest BCUT2D eigenvalue weighted by molar-refractivity contribution is 7.20. The maximum Gasteiger partial charge on any atom is 0.341 e. The number of nitrogen functional groups attached to an aromatic ring is 1. The monoisotopic (exact) mass is 348 g/mol. The van der Waals surface area contributed by atoms with Gasteiger partial charge >= 0.3 is 5.97 Å². The zero-order valence-corrected chi connectivity index (χ0v) is 15.2. The Balaban J connectivity index is 1.72. The standard InChI is InChI=1S/C17H24N4O2S/c1-4-23-17(22)14-11(2)16(24-15(14)18)21-7-5-12(6-8-21)13-9-19-20(3)10-13/h9-10,12H,4-8,18H2,1-3H3. The molecule has 0 atom stereocenters. The Kier molecular flexibility index (Phi) is 4.80. The summed E-state index contributed by atoms with van der Waals surface area (Å²) in [5.41, 5.74) is 8.87. The van der Waals surface area contributed by atoms with E-state index in [0.29, 0.717) is 23.1 Å². The van der Waals surface area contributed by atoms with E-state index in [1.807, 2.05) is 24.9 Å². The van der Waals surface area contributed by atoms with Crippen molar-refractivity contribution in [2.24, 2.45) is 7.05 Å². The number of esters is 1. The summed E-state index contributed by atoms with van der Waals surface area (Å²) in [6.07, 6.45) is 6.23. The highest BCUT2D eigenvalue weighted by atomic mass is 32.1. The van der Waals surface area contributed by atoms with E-state index in [1.54, 1.807) is 6.92 Å². The molecule has 0 unspecified atom stereocenters. The van der Waals surface area contributed by atoms with Gasteiger partial charge in [0, 0.05) is 31.9 Å². The van der Waals surface area contributed by atoms with Crippen LogP contribution >= 0.6 is 11.3 Å². The van der Waals surface area contributed by atoms with Crippen molar-refractivity contribution in [1.82, 2.24) is 9.78 Å². The van der Waals surface area contributed by atoms with Crippen LogP contribution in [-0.2, 0) is 11.8 Å². The number of nitrogens with zero attached hydrogens (tertiary/aromatic N) is 3. The van der Waals surface area contributed by atoms with E-state index in [4.69, 9.17) is 10.5 Å². The number of ether oxygens (including phenoxy) is 1. The lowest BCUT2D eigenvalue weighted by Gasteiger charge is -2.32. The van der Waals surface area contributed by atoms with E-state index >= 15 is 0 Å². The fraction of sp³-hybridized carbons (Fsp3) is 0.529. The van der Waals surface area contributed by atoms with E-state index in [0.717, 1.165) is 36.5 Å². The lowest BCUT2D eigenvalue weighted by molar-refractivity contribution is 0.0527. The van der Waals surface area contributed by atoms with Crippen molar-refractivity contribution in [3.05, 3.63) is 29.1 Å². The lowest BCUT2D eigenvalue weighted by Crippen LogP contribution is -2.32. The third-order valence-corrected chi connectivity index (χ3v) is 5.79. The molecule has 24 heavy (non-hydrogen) atoms. The average Bonchev–Trinajstić information content (AvgIpc) is 3.11. The summed E-state index contributed by atoms with van der Waals surface area (Å²) >= 11 is 1.49. The Morgan fingerprint density at radius 2 is 2.17 bits per heavy atom. The average molecular weight is 348 g/mol. The smallest absolute Gasteiger partial charge is 0.341 e. The highest BCUT2D eigenvalue weighted by Crippen LogP contribution is 2.40. The van der Waals surface area contributed by atoms with Gasteiger partial charge in [0.15, 0.2) is 0 Å². The number of rotatable bonds is 4. The first-order valence-electron chi connectivity index (χ1n) is 8.30. The van der Waals surface area contributed by atoms with Gasteiger partial charge in [0.05, 0.1) is 23.4 Å². The molecule has 0 spiro atoms. The van der Waals surface area contributed by atoms with Gasteiger partial charge in [-0.1, -0.05) is 0 Å². The third-order valence-electron chi connectivity index (χ3n) is 4.61. The maximum atomic E-state index is 12.1. The van der Waals surface area contributed by atoms with Gasteiger partial charge in [0.25, 0.3) is 0 Å². The lowest BCUT2D eigenvalue weighted by atomic mass is 9.91. The van der Waals surface area contributed by atoms with Crippen LogP contribution in [0.4, 0.5) is 10.0 Å². The van der Waals surface area contributed by atoms with Gasteiger partial charge in [0.1, 0.15) is 5.00 Å². The molecule has 1 aliphatic heterocycles. The van der Waals surface area contributed by atoms with Crippen molar-refractivity contribution in [2.45, 2.75) is 32.6 Å². The van der Waals surface area contributed by atoms with Gasteiger partial charge in [-0.25, -0.2) is 4.79 Å². The van der Waals surface area contributed by atoms with Gasteiger partial charge in [0.2, 0.25) is 0 Å². The highest BCUT2D eigenvalue weighted by Gasteiger charge is 2.27. The van der Waals surface area contributed by atoms with Crippen molar-refractivity contribution in [1.29, 1.82) is 0 Å². The summed E-state index contributed by atoms with van der Waals surface area (Å²) in [7, 11) is 1.95. The van der Waals surface area contributed by atoms with E-state index in [1.165, 1.54) is 16.9 Å². The number of carbonyl (C=O) groups is 1. The molecule has 0 aromatic carbocycles. The molecule has 2 N–H and O–H groups in total. The number of aryl methyl sites for hydroxylation is 1. The minimum Gasteiger partial charge on any atom is -0.462 e. The quantitative estimate of drug-likeness (QED) is 0.860. The first kappa shape index (κ1) is 16.8. The predicted octanol–water partition coefficient (Wildman–Crippen LogP) is 2.93. The number of thiophene rings is 1. The van der Waals surface area contributed by atoms with Gasteiger partial charge in [-0.3, -0.25) is 4.68 Å². The number of hydrogen-bond acceptors (Lipinski definition) is 6. The molecule has 0 aliphatic carbocycles. The number of carbonyl (C=O) groups excluding carboxylic acids is 1. The van der Waals surface area contributed by atoms with Crippen molar-refractivity contribution >= 4 is 27.3 Å². The minimum atomic E-state index is -0.319. The number of hydrogen-bond donors (Lipinski definition) is 1. The topological polar surface area (TPSA) is 73.4 Å². The summed E-state index contributed by atoms with van der Waals surface area (Å²) in [6.45, 7) is 6.05. The molecule has 1 saturated heterocycles. The Hall–Kier alpha value is -2.02. The maximum absolute atomic E-state index is 12.1. The Labute approximate surface area is 146 Å². The molecule has 1 fully saturated rings. The molecule has 0 bridgehead atoms. The van der Waals surface area contributed by atoms with Gasteiger partial charge in [-0.2, -0.15) is 5.10 Å². The largest absolute Gasteiger partial charge is 0.462 e. The molecule has 3 heterocycles. The van der Waals surface area contributed by atoms with Gasteiger partial charge < -0.3 is 15.4 Å². The van der Waals surface area contributed by atoms with Crippen LogP contribution in [0.25, 0.3) is 0 Å². The SMILES string of the molecule is CCOC(=O)c1c(N)sc(N2CCC(c3cnn(C)c3)CC2)c1C. The molecule has 0 amide bonds. The summed E-state index contributed by atoms with van der Waals surface area (Å²) in [5, 5.41) is 5.92. The second-order valence-electron chi connectivity index (χ2n) is 6.20. The van der Waals surface area contributed by atoms with Crippen LogP contribution in [0.5, 0.6) is 0 Å². The summed E-state index contributed by atoms with van der Waals surface area (Å²) < 4.78 is 6.99. The Morgan fingerprint density at radius 1 is 1.46 bits per heavy atom. The number of aromatic nitrogens is 2. The van der Waals surface area contributed by atoms with Gasteiger partial charge in [-0.15, -0.1) is 11.3 Å². The Morgan fingerprint density at radius 3 is 2.75 bits per heavy atom. The molecule has 7 heteroatoms. The van der Waals surface area contributed by atoms with Gasteiger partial charge in [-0.05, 0) is 38.2 Å². The van der Waals surface area contributed by atoms with Crippen LogP contribution in [0.15, 0.2) is 12.4 Å². The Bertz CT molecular complexity index is 729. The number of piperidine rings is 1. The van der Waals surface area contributed by atoms with E-state index in [9.17, 15) is 4.79 Å². The van der Waals surface area contributed by atoms with Crippen molar-refractivity contribution in [3.8, 4) is 0 Å². The third kappa shape index (κ3) is 3.13. The summed E-state index contributed by atoms with van der Waals surface area (Å²) in [4.78, 5) is 14.4. The molecular weight excluding hydrogens is 324 g/mol. The van der Waals surface area contributed by atoms with E-state index in [-0.39, 0.29) is 5.97 Å². The molecule has 6 nitrogen and oxygen atoms in total. The molecule has 2 aromatic heterocycles. The fourth-order valence-corrected chi connectivity index (χ4v) is 4.46. The van der Waals surface area contributed by atoms with Crippen LogP contribution in [0, 0.1) is 6.92 Å². The predicted molar refractivity (Wildman–Crippen MR) is 96.8 cm³/mol. The molecule has 2 aromatic rings. The van der Waals surface area contributed by atoms with E-state index < -0.39 is 0 Å². The zero-order chi connectivity index (χ0) is 17.3. The second-order valence-corrected chi connectivity index (χ2v) is 7.23. The summed E-state index contributed by atoms with van der Waals surface area (Å²) in [5.74, 6) is 0.234. The van der Waals surface area contributed by atoms with Crippen LogP contribution in [0.1, 0.15) is 47.2 Å². The molecule has 3 rings (SSSR count). The molecule has 0 radical (unpaired) electrons. The van der Waals surface area contributed by atoms with Crippen molar-refractivity contribution in [3.63, 3.8) is 0 Å². The van der Waals surface area contributed by atoms with Crippen LogP contribution in [0.3, 0.4) is 0 Å². The first-order valence-corrected chi connectivity index (χ1v) is 9.12. The van der Waals surface area contributed by atoms with Crippen molar-refractivity contribution in [2.75, 3.05) is 30.3 Å². The van der Waals surface area contributed by atoms with Crippen LogP contribution in [-0.4, -0.2) is 35.4 Å². The van der Waals surface area contributed by atoms with Crippen LogP contribution in [0.2, 0.25) is 0 Å². The second kappa shape index (κ2) is 6.84. The fourth-order valence-electron chi connectivity index (χ4n) is 3.35. The molecule has 0 saturated carbocycles. The first-order chi connectivity index (χ1) is 11.5. The molecule has 130 valence electrons. The van der Waals surface area contributed by atoms with Crippen LogP contribution < -0.4 is 10.6 Å². The summed E-state index contributed by atoms with van der Waals surface area (Å²) in [6, 6.07) is 0. The number of nitrogens with two attached hydrogens (primary N) is 1. The zero-order valence-electron chi connectivity index (χ0n) is 14.4. The van der Waals surface area contributed by atoms with Crippen molar-refractivity contribution < 1.29 is 9.53 Å². The molecule has 1 aliphatic rings. The van der Waals surface area contributed by atoms with E-state index in [2.05, 4.69) is 16.2 Å². The number of anilines is 2. The normalized spacial score (nSPS) is 15.7.